The molecule has 2 saturated heterocycles. The highest BCUT2D eigenvalue weighted by Gasteiger charge is 2.32. The smallest absolute Gasteiger partial charge is 0.254 e. The van der Waals surface area contributed by atoms with Crippen LogP contribution in [-0.4, -0.2) is 86.1 Å². The highest BCUT2D eigenvalue weighted by atomic mass is 19.1. The van der Waals surface area contributed by atoms with Gasteiger partial charge in [-0.25, -0.2) is 4.39 Å². The quantitative estimate of drug-likeness (QED) is 0.556. The van der Waals surface area contributed by atoms with Crippen LogP contribution in [0.25, 0.3) is 0 Å². The summed E-state index contributed by atoms with van der Waals surface area (Å²) in [5, 5.41) is 15.4. The molecule has 0 unspecified atom stereocenters. The molecule has 166 valence electrons. The first-order chi connectivity index (χ1) is 14.6. The minimum Gasteiger partial charge on any atom is -0.394 e. The van der Waals surface area contributed by atoms with E-state index >= 15 is 0 Å². The lowest BCUT2D eigenvalue weighted by Crippen LogP contribution is -2.51. The Morgan fingerprint density at radius 1 is 1.20 bits per heavy atom. The monoisotopic (exact) mass is 423 g/mol. The molecule has 0 aromatic heterocycles. The lowest BCUT2D eigenvalue weighted by molar-refractivity contribution is -0.123. The molecule has 1 aromatic rings. The molecule has 0 spiro atoms. The van der Waals surface area contributed by atoms with Crippen molar-refractivity contribution >= 4 is 11.8 Å². The molecule has 2 amide bonds. The summed E-state index contributed by atoms with van der Waals surface area (Å²) in [4.78, 5) is 26.5. The van der Waals surface area contributed by atoms with E-state index in [0.29, 0.717) is 45.6 Å². The van der Waals surface area contributed by atoms with Crippen molar-refractivity contribution in [3.05, 3.63) is 35.6 Å². The van der Waals surface area contributed by atoms with Gasteiger partial charge in [-0.15, -0.1) is 0 Å². The number of nitrogens with zero attached hydrogens (tertiary/aromatic N) is 1. The van der Waals surface area contributed by atoms with Crippen LogP contribution in [0, 0.1) is 5.82 Å². The van der Waals surface area contributed by atoms with E-state index in [4.69, 9.17) is 9.47 Å². The molecule has 2 aliphatic rings. The Hall–Kier alpha value is -2.07. The second-order valence-electron chi connectivity index (χ2n) is 7.64. The number of nitrogens with one attached hydrogen (secondary N) is 2. The fraction of sp³-hybridized carbons (Fsp3) is 0.619. The van der Waals surface area contributed by atoms with Crippen molar-refractivity contribution in [3.63, 3.8) is 0 Å². The Labute approximate surface area is 175 Å². The van der Waals surface area contributed by atoms with Gasteiger partial charge in [0.15, 0.2) is 0 Å². The molecule has 8 nitrogen and oxygen atoms in total. The van der Waals surface area contributed by atoms with E-state index < -0.39 is 23.9 Å². The van der Waals surface area contributed by atoms with Crippen molar-refractivity contribution in [3.8, 4) is 0 Å². The molecule has 3 atom stereocenters. The molecule has 3 N–H and O–H groups in total. The third-order valence-corrected chi connectivity index (χ3v) is 5.49. The minimum atomic E-state index is -0.585. The van der Waals surface area contributed by atoms with Gasteiger partial charge in [-0.3, -0.25) is 14.5 Å². The van der Waals surface area contributed by atoms with E-state index in [9.17, 15) is 19.1 Å². The Kier molecular flexibility index (Phi) is 8.56. The van der Waals surface area contributed by atoms with Gasteiger partial charge in [-0.2, -0.15) is 0 Å². The number of hydrogen-bond acceptors (Lipinski definition) is 6. The molecular weight excluding hydrogens is 393 g/mol. The third kappa shape index (κ3) is 6.46. The molecule has 0 aliphatic carbocycles. The zero-order valence-electron chi connectivity index (χ0n) is 17.0. The first-order valence-electron chi connectivity index (χ1n) is 10.5. The molecule has 2 aliphatic heterocycles. The fourth-order valence-electron chi connectivity index (χ4n) is 3.79. The van der Waals surface area contributed by atoms with E-state index in [1.807, 2.05) is 0 Å². The van der Waals surface area contributed by atoms with Crippen molar-refractivity contribution in [2.45, 2.75) is 37.5 Å². The summed E-state index contributed by atoms with van der Waals surface area (Å²) in [5.74, 6) is -1.13. The van der Waals surface area contributed by atoms with Crippen LogP contribution in [0.1, 0.15) is 29.6 Å². The number of carbonyl (C=O) groups excluding carboxylic acids is 2. The fourth-order valence-corrected chi connectivity index (χ4v) is 3.79. The van der Waals surface area contributed by atoms with Gasteiger partial charge < -0.3 is 25.2 Å². The lowest BCUT2D eigenvalue weighted by Gasteiger charge is -2.36. The largest absolute Gasteiger partial charge is 0.394 e. The number of hydrogen-bond donors (Lipinski definition) is 3. The lowest BCUT2D eigenvalue weighted by atomic mass is 9.96. The molecule has 0 saturated carbocycles. The zero-order chi connectivity index (χ0) is 21.3. The van der Waals surface area contributed by atoms with E-state index in [1.54, 1.807) is 6.07 Å². The van der Waals surface area contributed by atoms with Gasteiger partial charge >= 0.3 is 0 Å². The van der Waals surface area contributed by atoms with Gasteiger partial charge in [-0.1, -0.05) is 12.1 Å². The molecule has 2 fully saturated rings. The van der Waals surface area contributed by atoms with Crippen LogP contribution in [0.15, 0.2) is 24.3 Å². The van der Waals surface area contributed by atoms with Crippen LogP contribution in [0.3, 0.4) is 0 Å². The Morgan fingerprint density at radius 3 is 2.70 bits per heavy atom. The standard InChI is InChI=1S/C21H30FN3O5/c22-17-4-2-1-3-16(17)21(28)24-18-6-5-15(30-19(18)14-26)7-8-23-20(27)13-25-9-11-29-12-10-25/h1-4,15,18-19,26H,5-14H2,(H,23,27)(H,24,28)/t15-,18-,19-/m1/s1. The minimum absolute atomic E-state index is 0.0264. The van der Waals surface area contributed by atoms with E-state index in [0.717, 1.165) is 13.1 Å². The maximum atomic E-state index is 13.8. The normalized spacial score (nSPS) is 24.9. The summed E-state index contributed by atoms with van der Waals surface area (Å²) in [7, 11) is 0. The second-order valence-corrected chi connectivity index (χ2v) is 7.64. The number of carbonyl (C=O) groups is 2. The van der Waals surface area contributed by atoms with Gasteiger partial charge in [0.1, 0.15) is 11.9 Å². The summed E-state index contributed by atoms with van der Waals surface area (Å²) in [5.41, 5.74) is -0.0284. The Bertz CT molecular complexity index is 714. The predicted octanol–water partition coefficient (Wildman–Crippen LogP) is 0.303. The van der Waals surface area contributed by atoms with Gasteiger partial charge in [0.2, 0.25) is 5.91 Å². The second kappa shape index (κ2) is 11.4. The number of aliphatic hydroxyl groups is 1. The maximum Gasteiger partial charge on any atom is 0.254 e. The van der Waals surface area contributed by atoms with Crippen molar-refractivity contribution in [2.75, 3.05) is 46.0 Å². The van der Waals surface area contributed by atoms with Crippen LogP contribution < -0.4 is 10.6 Å². The van der Waals surface area contributed by atoms with E-state index in [1.165, 1.54) is 18.2 Å². The SMILES string of the molecule is O=C(CN1CCOCC1)NCC[C@H]1CC[C@@H](NC(=O)c2ccccc2F)[C@@H](CO)O1. The molecule has 0 bridgehead atoms. The average molecular weight is 423 g/mol. The first-order valence-corrected chi connectivity index (χ1v) is 10.5. The molecular formula is C21H30FN3O5. The molecule has 2 heterocycles. The van der Waals surface area contributed by atoms with Crippen LogP contribution >= 0.6 is 0 Å². The van der Waals surface area contributed by atoms with Gasteiger partial charge in [-0.05, 0) is 31.4 Å². The molecule has 9 heteroatoms. The highest BCUT2D eigenvalue weighted by molar-refractivity contribution is 5.94. The van der Waals surface area contributed by atoms with E-state index in [2.05, 4.69) is 15.5 Å². The average Bonchev–Trinajstić information content (AvgIpc) is 2.75. The number of aliphatic hydroxyl groups excluding tert-OH is 1. The number of ether oxygens (including phenoxy) is 2. The summed E-state index contributed by atoms with van der Waals surface area (Å²) in [6.45, 7) is 3.42. The van der Waals surface area contributed by atoms with Crippen molar-refractivity contribution < 1.29 is 28.6 Å². The molecule has 30 heavy (non-hydrogen) atoms. The summed E-state index contributed by atoms with van der Waals surface area (Å²) >= 11 is 0. The van der Waals surface area contributed by atoms with Crippen LogP contribution in [0.5, 0.6) is 0 Å². The maximum absolute atomic E-state index is 13.8. The summed E-state index contributed by atoms with van der Waals surface area (Å²) in [6, 6.07) is 5.39. The van der Waals surface area contributed by atoms with Gasteiger partial charge in [0, 0.05) is 19.6 Å². The van der Waals surface area contributed by atoms with Crippen molar-refractivity contribution in [1.82, 2.24) is 15.5 Å². The Morgan fingerprint density at radius 2 is 1.97 bits per heavy atom. The van der Waals surface area contributed by atoms with Crippen LogP contribution in [0.2, 0.25) is 0 Å². The highest BCUT2D eigenvalue weighted by Crippen LogP contribution is 2.22. The number of rotatable bonds is 8. The van der Waals surface area contributed by atoms with Crippen molar-refractivity contribution in [1.29, 1.82) is 0 Å². The van der Waals surface area contributed by atoms with Crippen molar-refractivity contribution in [2.24, 2.45) is 0 Å². The van der Waals surface area contributed by atoms with Gasteiger partial charge in [0.25, 0.3) is 5.91 Å². The van der Waals surface area contributed by atoms with E-state index in [-0.39, 0.29) is 24.2 Å². The predicted molar refractivity (Wildman–Crippen MR) is 108 cm³/mol. The topological polar surface area (TPSA) is 100 Å². The molecule has 1 aromatic carbocycles. The third-order valence-electron chi connectivity index (χ3n) is 5.49. The molecule has 0 radical (unpaired) electrons. The Balaban J connectivity index is 1.40. The van der Waals surface area contributed by atoms with Crippen LogP contribution in [0.4, 0.5) is 4.39 Å². The zero-order valence-corrected chi connectivity index (χ0v) is 17.0. The first kappa shape index (κ1) is 22.6. The summed E-state index contributed by atoms with van der Waals surface area (Å²) in [6.07, 6.45) is 1.23. The summed E-state index contributed by atoms with van der Waals surface area (Å²) < 4.78 is 25.0. The number of halogens is 1. The number of benzene rings is 1. The van der Waals surface area contributed by atoms with Gasteiger partial charge in [0.05, 0.1) is 44.1 Å². The number of amides is 2. The number of morpholine rings is 1. The van der Waals surface area contributed by atoms with Crippen LogP contribution in [-0.2, 0) is 14.3 Å². The molecule has 3 rings (SSSR count).